The summed E-state index contributed by atoms with van der Waals surface area (Å²) in [7, 11) is -0.295. The molecule has 1 fully saturated rings. The summed E-state index contributed by atoms with van der Waals surface area (Å²) < 4.78 is 38.8. The van der Waals surface area contributed by atoms with Crippen LogP contribution in [0, 0.1) is 0 Å². The van der Waals surface area contributed by atoms with Crippen molar-refractivity contribution in [3.05, 3.63) is 52.3 Å². The van der Waals surface area contributed by atoms with Crippen molar-refractivity contribution in [3.8, 4) is 22.8 Å². The number of hydrogen-bond acceptors (Lipinski definition) is 7. The molecule has 1 aromatic heterocycles. The van der Waals surface area contributed by atoms with Crippen LogP contribution in [0.1, 0.15) is 0 Å². The van der Waals surface area contributed by atoms with Crippen LogP contribution >= 0.6 is 27.3 Å². The topological polar surface area (TPSA) is 72.0 Å². The third-order valence-electron chi connectivity index (χ3n) is 5.11. The van der Waals surface area contributed by atoms with Crippen molar-refractivity contribution >= 4 is 42.4 Å². The summed E-state index contributed by atoms with van der Waals surface area (Å²) in [4.78, 5) is 7.20. The van der Waals surface area contributed by atoms with E-state index in [1.54, 1.807) is 43.8 Å². The first-order valence-corrected chi connectivity index (χ1v) is 12.7. The Morgan fingerprint density at radius 3 is 2.42 bits per heavy atom. The molecule has 4 rings (SSSR count). The summed E-state index contributed by atoms with van der Waals surface area (Å²) in [6, 6.07) is 12.5. The molecule has 1 aliphatic rings. The lowest BCUT2D eigenvalue weighted by Crippen LogP contribution is -2.48. The van der Waals surface area contributed by atoms with Crippen LogP contribution in [0.25, 0.3) is 11.3 Å². The number of benzene rings is 2. The predicted molar refractivity (Wildman–Crippen MR) is 126 cm³/mol. The normalized spacial score (nSPS) is 15.1. The van der Waals surface area contributed by atoms with Crippen molar-refractivity contribution in [2.24, 2.45) is 0 Å². The van der Waals surface area contributed by atoms with Gasteiger partial charge in [0.1, 0.15) is 0 Å². The molecular weight excluding hydrogens is 502 g/mol. The largest absolute Gasteiger partial charge is 0.493 e. The van der Waals surface area contributed by atoms with Gasteiger partial charge in [-0.1, -0.05) is 22.0 Å². The van der Waals surface area contributed by atoms with Crippen molar-refractivity contribution in [1.29, 1.82) is 0 Å². The average Bonchev–Trinajstić information content (AvgIpc) is 3.29. The molecule has 0 saturated carbocycles. The molecule has 2 heterocycles. The second-order valence-corrected chi connectivity index (χ2v) is 10.6. The van der Waals surface area contributed by atoms with Crippen LogP contribution in [-0.4, -0.2) is 58.1 Å². The number of thiazole rings is 1. The van der Waals surface area contributed by atoms with Crippen LogP contribution in [0.2, 0.25) is 0 Å². The van der Waals surface area contributed by atoms with E-state index in [2.05, 4.69) is 20.8 Å². The Kier molecular flexibility index (Phi) is 6.52. The number of nitrogens with zero attached hydrogens (tertiary/aromatic N) is 3. The van der Waals surface area contributed by atoms with Gasteiger partial charge in [0.2, 0.25) is 10.0 Å². The van der Waals surface area contributed by atoms with Gasteiger partial charge in [0.15, 0.2) is 16.6 Å². The Balaban J connectivity index is 1.46. The average molecular weight is 524 g/mol. The molecule has 3 aromatic rings. The zero-order valence-corrected chi connectivity index (χ0v) is 20.3. The Morgan fingerprint density at radius 1 is 1.00 bits per heavy atom. The van der Waals surface area contributed by atoms with Crippen LogP contribution in [0.4, 0.5) is 5.13 Å². The van der Waals surface area contributed by atoms with E-state index < -0.39 is 10.0 Å². The van der Waals surface area contributed by atoms with Crippen LogP contribution in [-0.2, 0) is 10.0 Å². The smallest absolute Gasteiger partial charge is 0.243 e. The fourth-order valence-electron chi connectivity index (χ4n) is 3.43. The minimum absolute atomic E-state index is 0.306. The van der Waals surface area contributed by atoms with Crippen molar-refractivity contribution < 1.29 is 17.9 Å². The van der Waals surface area contributed by atoms with E-state index in [0.717, 1.165) is 20.9 Å². The quantitative estimate of drug-likeness (QED) is 0.484. The molecule has 1 saturated heterocycles. The summed E-state index contributed by atoms with van der Waals surface area (Å²) in [6.07, 6.45) is 0. The number of anilines is 1. The summed E-state index contributed by atoms with van der Waals surface area (Å²) in [5, 5.41) is 2.88. The molecular formula is C21H22BrN3O4S2. The number of ether oxygens (including phenoxy) is 2. The number of methoxy groups -OCH3 is 2. The van der Waals surface area contributed by atoms with E-state index >= 15 is 0 Å². The molecule has 0 atom stereocenters. The van der Waals surface area contributed by atoms with E-state index in [-0.39, 0.29) is 0 Å². The van der Waals surface area contributed by atoms with E-state index in [0.29, 0.717) is 42.6 Å². The fraction of sp³-hybridized carbons (Fsp3) is 0.286. The third kappa shape index (κ3) is 4.57. The molecule has 0 unspecified atom stereocenters. The maximum Gasteiger partial charge on any atom is 0.243 e. The van der Waals surface area contributed by atoms with Crippen LogP contribution in [0.5, 0.6) is 11.5 Å². The molecule has 1 aliphatic heterocycles. The number of sulfonamides is 1. The van der Waals surface area contributed by atoms with Crippen LogP contribution in [0.3, 0.4) is 0 Å². The fourth-order valence-corrected chi connectivity index (χ4v) is 6.34. The summed E-state index contributed by atoms with van der Waals surface area (Å²) >= 11 is 4.89. The highest BCUT2D eigenvalue weighted by atomic mass is 79.9. The number of halogens is 1. The molecule has 0 radical (unpaired) electrons. The predicted octanol–water partition coefficient (Wildman–Crippen LogP) is 4.10. The second-order valence-electron chi connectivity index (χ2n) is 6.93. The van der Waals surface area contributed by atoms with Gasteiger partial charge in [-0.25, -0.2) is 13.4 Å². The Bertz CT molecular complexity index is 1170. The van der Waals surface area contributed by atoms with E-state index in [9.17, 15) is 8.42 Å². The molecule has 0 bridgehead atoms. The maximum atomic E-state index is 12.9. The van der Waals surface area contributed by atoms with Gasteiger partial charge in [0.05, 0.1) is 24.8 Å². The highest BCUT2D eigenvalue weighted by Gasteiger charge is 2.29. The first kappa shape index (κ1) is 22.1. The van der Waals surface area contributed by atoms with Crippen molar-refractivity contribution in [2.75, 3.05) is 45.3 Å². The highest BCUT2D eigenvalue weighted by Crippen LogP contribution is 2.34. The standard InChI is InChI=1S/C21H22BrN3O4S2/c1-28-19-7-6-15(12-20(19)29-2)18-14-30-21(23-18)24-8-10-25(11-9-24)31(26,27)17-5-3-4-16(22)13-17/h3-7,12-14H,8-11H2,1-2H3. The highest BCUT2D eigenvalue weighted by molar-refractivity contribution is 9.10. The minimum Gasteiger partial charge on any atom is -0.493 e. The Morgan fingerprint density at radius 2 is 1.74 bits per heavy atom. The zero-order chi connectivity index (χ0) is 22.0. The summed E-state index contributed by atoms with van der Waals surface area (Å²) in [5.74, 6) is 1.32. The van der Waals surface area contributed by atoms with Gasteiger partial charge in [-0.2, -0.15) is 4.31 Å². The van der Waals surface area contributed by atoms with Gasteiger partial charge in [-0.3, -0.25) is 0 Å². The number of rotatable bonds is 6. The Hall–Kier alpha value is -2.14. The number of hydrogen-bond donors (Lipinski definition) is 0. The van der Waals surface area contributed by atoms with Crippen LogP contribution < -0.4 is 14.4 Å². The monoisotopic (exact) mass is 523 g/mol. The summed E-state index contributed by atoms with van der Waals surface area (Å²) in [5.41, 5.74) is 1.79. The van der Waals surface area contributed by atoms with E-state index in [1.807, 2.05) is 29.6 Å². The molecule has 10 heteroatoms. The molecule has 0 spiro atoms. The third-order valence-corrected chi connectivity index (χ3v) is 8.40. The van der Waals surface area contributed by atoms with Gasteiger partial charge < -0.3 is 14.4 Å². The van der Waals surface area contributed by atoms with Gasteiger partial charge >= 0.3 is 0 Å². The Labute approximate surface area is 194 Å². The van der Waals surface area contributed by atoms with Gasteiger partial charge in [0.25, 0.3) is 0 Å². The first-order valence-electron chi connectivity index (χ1n) is 9.61. The lowest BCUT2D eigenvalue weighted by Gasteiger charge is -2.33. The lowest BCUT2D eigenvalue weighted by molar-refractivity contribution is 0.355. The van der Waals surface area contributed by atoms with Gasteiger partial charge in [-0.15, -0.1) is 11.3 Å². The van der Waals surface area contributed by atoms with E-state index in [1.165, 1.54) is 4.31 Å². The van der Waals surface area contributed by atoms with Crippen molar-refractivity contribution in [1.82, 2.24) is 9.29 Å². The first-order chi connectivity index (χ1) is 14.9. The van der Waals surface area contributed by atoms with Gasteiger partial charge in [-0.05, 0) is 36.4 Å². The SMILES string of the molecule is COc1ccc(-c2csc(N3CCN(S(=O)(=O)c4cccc(Br)c4)CC3)n2)cc1OC. The molecule has 31 heavy (non-hydrogen) atoms. The molecule has 0 amide bonds. The minimum atomic E-state index is -3.51. The second kappa shape index (κ2) is 9.15. The zero-order valence-electron chi connectivity index (χ0n) is 17.1. The molecule has 0 aliphatic carbocycles. The number of piperazine rings is 1. The van der Waals surface area contributed by atoms with Crippen molar-refractivity contribution in [2.45, 2.75) is 4.90 Å². The lowest BCUT2D eigenvalue weighted by atomic mass is 10.1. The van der Waals surface area contributed by atoms with E-state index in [4.69, 9.17) is 14.5 Å². The summed E-state index contributed by atoms with van der Waals surface area (Å²) in [6.45, 7) is 2.01. The molecule has 0 N–H and O–H groups in total. The van der Waals surface area contributed by atoms with Crippen molar-refractivity contribution in [3.63, 3.8) is 0 Å². The molecule has 2 aromatic carbocycles. The van der Waals surface area contributed by atoms with Gasteiger partial charge in [0, 0.05) is 41.6 Å². The number of aromatic nitrogens is 1. The molecule has 164 valence electrons. The maximum absolute atomic E-state index is 12.9. The van der Waals surface area contributed by atoms with Crippen LogP contribution in [0.15, 0.2) is 57.2 Å². The molecule has 7 nitrogen and oxygen atoms in total.